The van der Waals surface area contributed by atoms with E-state index in [9.17, 15) is 10.0 Å². The maximum Gasteiger partial charge on any atom is 0.392 e. The second-order valence-electron chi connectivity index (χ2n) is 14.4. The topological polar surface area (TPSA) is 94.2 Å². The van der Waals surface area contributed by atoms with Crippen LogP contribution in [0.3, 0.4) is 0 Å². The molecule has 0 spiro atoms. The van der Waals surface area contributed by atoms with E-state index in [0.29, 0.717) is 42.4 Å². The molecule has 6 rings (SSSR count). The second-order valence-corrected chi connectivity index (χ2v) is 14.4. The van der Waals surface area contributed by atoms with Gasteiger partial charge in [0.2, 0.25) is 5.96 Å². The molecular formula is C35H57N6O3+. The summed E-state index contributed by atoms with van der Waals surface area (Å²) in [5.41, 5.74) is 2.61. The van der Waals surface area contributed by atoms with Crippen molar-refractivity contribution in [3.63, 3.8) is 0 Å². The first-order valence-corrected chi connectivity index (χ1v) is 18.2. The number of nitrogens with one attached hydrogen (secondary N) is 1. The lowest BCUT2D eigenvalue weighted by atomic mass is 9.97. The van der Waals surface area contributed by atoms with Crippen molar-refractivity contribution in [1.82, 2.24) is 14.9 Å². The predicted molar refractivity (Wildman–Crippen MR) is 172 cm³/mol. The van der Waals surface area contributed by atoms with Crippen molar-refractivity contribution in [1.29, 1.82) is 0 Å². The standard InChI is InChI=1S/C35H56N6O3/c1-4-5-6-8-11-14-26-22-30-18-19-31-32(25(3)36-34(37-26)40(30)31)33(42)44-20-13-10-7-9-12-15-27-23-29-17-16-28-21-24(2)41(43)35(38-27)39(28)29/h24,26-30,43H,4-23H2,1-3H3/p+1/t24-,26?,27-,28+,29+,30+/m1/s1. The third kappa shape index (κ3) is 6.73. The average Bonchev–Trinajstić information content (AvgIpc) is 3.62. The van der Waals surface area contributed by atoms with Crippen molar-refractivity contribution < 1.29 is 19.3 Å². The molecule has 2 N–H and O–H groups in total. The molecule has 0 saturated carbocycles. The van der Waals surface area contributed by atoms with Gasteiger partial charge in [-0.2, -0.15) is 0 Å². The molecule has 2 saturated heterocycles. The number of aliphatic imine (C=N–C) groups is 1. The van der Waals surface area contributed by atoms with Gasteiger partial charge < -0.3 is 9.64 Å². The van der Waals surface area contributed by atoms with E-state index in [1.165, 1.54) is 62.9 Å². The Morgan fingerprint density at radius 3 is 2.52 bits per heavy atom. The van der Waals surface area contributed by atoms with Crippen LogP contribution < -0.4 is 9.88 Å². The Labute approximate surface area is 264 Å². The van der Waals surface area contributed by atoms with Crippen LogP contribution in [0.5, 0.6) is 0 Å². The van der Waals surface area contributed by atoms with E-state index in [4.69, 9.17) is 14.7 Å². The number of rotatable bonds is 15. The molecule has 6 heterocycles. The zero-order valence-corrected chi connectivity index (χ0v) is 27.6. The lowest BCUT2D eigenvalue weighted by molar-refractivity contribution is -0.710. The third-order valence-electron chi connectivity index (χ3n) is 11.1. The Morgan fingerprint density at radius 1 is 0.977 bits per heavy atom. The minimum absolute atomic E-state index is 0.156. The highest BCUT2D eigenvalue weighted by Crippen LogP contribution is 2.39. The minimum Gasteiger partial charge on any atom is -0.462 e. The molecule has 2 fully saturated rings. The van der Waals surface area contributed by atoms with E-state index in [2.05, 4.69) is 28.6 Å². The third-order valence-corrected chi connectivity index (χ3v) is 11.1. The predicted octanol–water partition coefficient (Wildman–Crippen LogP) is 6.65. The lowest BCUT2D eigenvalue weighted by Gasteiger charge is -2.47. The molecule has 0 aromatic carbocycles. The number of carbonyl (C=O) groups is 1. The largest absolute Gasteiger partial charge is 0.462 e. The first-order chi connectivity index (χ1) is 21.4. The fourth-order valence-electron chi connectivity index (χ4n) is 8.79. The summed E-state index contributed by atoms with van der Waals surface area (Å²) in [7, 11) is 0. The number of guanidine groups is 1. The van der Waals surface area contributed by atoms with Gasteiger partial charge in [-0.15, -0.1) is 0 Å². The number of hydroxylamine groups is 2. The molecule has 0 radical (unpaired) electrons. The maximum atomic E-state index is 13.2. The summed E-state index contributed by atoms with van der Waals surface area (Å²) in [5, 5.41) is 15.8. The van der Waals surface area contributed by atoms with Gasteiger partial charge in [-0.05, 0) is 65.2 Å². The number of aromatic nitrogens is 2. The van der Waals surface area contributed by atoms with Crippen LogP contribution in [0.25, 0.3) is 0 Å². The Hall–Kier alpha value is -2.42. The maximum absolute atomic E-state index is 13.2. The van der Waals surface area contributed by atoms with Crippen LogP contribution in [-0.2, 0) is 11.2 Å². The molecule has 5 aliphatic heterocycles. The number of anilines is 1. The van der Waals surface area contributed by atoms with E-state index < -0.39 is 0 Å². The quantitative estimate of drug-likeness (QED) is 0.131. The van der Waals surface area contributed by atoms with Crippen LogP contribution in [0.1, 0.15) is 157 Å². The number of esters is 1. The van der Waals surface area contributed by atoms with Gasteiger partial charge in [0.05, 0.1) is 36.5 Å². The Morgan fingerprint density at radius 2 is 1.70 bits per heavy atom. The monoisotopic (exact) mass is 609 g/mol. The van der Waals surface area contributed by atoms with E-state index in [1.807, 2.05) is 6.92 Å². The number of hydrogen-bond acceptors (Lipinski definition) is 8. The van der Waals surface area contributed by atoms with Crippen molar-refractivity contribution in [3.8, 4) is 0 Å². The summed E-state index contributed by atoms with van der Waals surface area (Å²) in [6, 6.07) is 2.53. The second kappa shape index (κ2) is 14.3. The smallest absolute Gasteiger partial charge is 0.392 e. The van der Waals surface area contributed by atoms with E-state index in [0.717, 1.165) is 87.5 Å². The fourth-order valence-corrected chi connectivity index (χ4v) is 8.79. The molecule has 44 heavy (non-hydrogen) atoms. The van der Waals surface area contributed by atoms with Crippen molar-refractivity contribution in [2.75, 3.05) is 11.9 Å². The lowest BCUT2D eigenvalue weighted by Crippen LogP contribution is -2.59. The molecular weight excluding hydrogens is 552 g/mol. The van der Waals surface area contributed by atoms with Crippen molar-refractivity contribution in [3.05, 3.63) is 17.0 Å². The van der Waals surface area contributed by atoms with Gasteiger partial charge in [-0.1, -0.05) is 69.7 Å². The molecule has 0 amide bonds. The summed E-state index contributed by atoms with van der Waals surface area (Å²) in [6.07, 6.45) is 22.1. The summed E-state index contributed by atoms with van der Waals surface area (Å²) in [5.74, 6) is 1.58. The molecule has 0 aliphatic carbocycles. The Balaban J connectivity index is 0.907. The fraction of sp³-hybridized carbons (Fsp3) is 0.829. The highest BCUT2D eigenvalue weighted by atomic mass is 16.5. The van der Waals surface area contributed by atoms with Crippen LogP contribution in [0, 0.1) is 6.92 Å². The number of carbonyl (C=O) groups excluding carboxylic acids is 1. The van der Waals surface area contributed by atoms with Crippen LogP contribution in [0.2, 0.25) is 0 Å². The van der Waals surface area contributed by atoms with E-state index in [-0.39, 0.29) is 12.0 Å². The van der Waals surface area contributed by atoms with Gasteiger partial charge in [-0.25, -0.2) is 19.4 Å². The highest BCUT2D eigenvalue weighted by molar-refractivity contribution is 5.91. The summed E-state index contributed by atoms with van der Waals surface area (Å²) >= 11 is 0. The molecule has 5 aliphatic rings. The molecule has 0 bridgehead atoms. The molecule has 9 heteroatoms. The molecule has 244 valence electrons. The molecule has 6 atom stereocenters. The minimum atomic E-state index is -0.200. The Kier molecular flexibility index (Phi) is 10.3. The van der Waals surface area contributed by atoms with Gasteiger partial charge in [0.1, 0.15) is 11.3 Å². The summed E-state index contributed by atoms with van der Waals surface area (Å²) < 4.78 is 8.11. The van der Waals surface area contributed by atoms with Gasteiger partial charge in [0.15, 0.2) is 0 Å². The van der Waals surface area contributed by atoms with Crippen LogP contribution in [0.4, 0.5) is 5.95 Å². The molecule has 1 aromatic rings. The zero-order chi connectivity index (χ0) is 30.6. The number of unbranched alkanes of at least 4 members (excludes halogenated alkanes) is 8. The van der Waals surface area contributed by atoms with Gasteiger partial charge in [0, 0.05) is 24.9 Å². The zero-order valence-electron chi connectivity index (χ0n) is 27.6. The summed E-state index contributed by atoms with van der Waals surface area (Å²) in [4.78, 5) is 25.5. The van der Waals surface area contributed by atoms with Crippen LogP contribution >= 0.6 is 0 Å². The number of aryl methyl sites for hydroxylation is 1. The first kappa shape index (κ1) is 31.6. The van der Waals surface area contributed by atoms with E-state index >= 15 is 0 Å². The average molecular weight is 610 g/mol. The number of ether oxygens (including phenoxy) is 1. The number of hydrogen-bond donors (Lipinski definition) is 2. The van der Waals surface area contributed by atoms with E-state index in [1.54, 1.807) is 0 Å². The summed E-state index contributed by atoms with van der Waals surface area (Å²) in [6.45, 7) is 6.80. The number of nitrogens with zero attached hydrogens (tertiary/aromatic N) is 5. The molecule has 1 aromatic heterocycles. The van der Waals surface area contributed by atoms with Crippen molar-refractivity contribution >= 4 is 17.9 Å². The van der Waals surface area contributed by atoms with Gasteiger partial charge in [-0.3, -0.25) is 10.5 Å². The van der Waals surface area contributed by atoms with Crippen molar-refractivity contribution in [2.45, 2.75) is 179 Å². The Bertz CT molecular complexity index is 1190. The van der Waals surface area contributed by atoms with Crippen molar-refractivity contribution in [2.24, 2.45) is 4.99 Å². The molecule has 9 nitrogen and oxygen atoms in total. The van der Waals surface area contributed by atoms with Crippen LogP contribution in [-0.4, -0.2) is 68.9 Å². The highest BCUT2D eigenvalue weighted by Gasteiger charge is 2.46. The van der Waals surface area contributed by atoms with Gasteiger partial charge >= 0.3 is 11.9 Å². The SMILES string of the molecule is CCCCCCCC1C[C@@H]2CCc3c(C(=O)OCCCCCCC[C@@H]4C[C@@H]5CC[C@H]6C[C@@H](C)N(O)C(=N4)N56)c(C)nc([n+]32)N1. The normalized spacial score (nSPS) is 28.4. The first-order valence-electron chi connectivity index (χ1n) is 18.2. The van der Waals surface area contributed by atoms with Crippen LogP contribution in [0.15, 0.2) is 4.99 Å². The van der Waals surface area contributed by atoms with Gasteiger partial charge in [0.25, 0.3) is 0 Å². The molecule has 1 unspecified atom stereocenters.